The van der Waals surface area contributed by atoms with Crippen molar-refractivity contribution in [1.29, 1.82) is 0 Å². The molecule has 1 fully saturated rings. The number of hydrogen-bond donors (Lipinski definition) is 1. The average Bonchev–Trinajstić information content (AvgIpc) is 2.36. The summed E-state index contributed by atoms with van der Waals surface area (Å²) in [5, 5.41) is -0.698. The fourth-order valence-corrected chi connectivity index (χ4v) is 4.68. The van der Waals surface area contributed by atoms with Gasteiger partial charge in [-0.25, -0.2) is 8.42 Å². The van der Waals surface area contributed by atoms with Gasteiger partial charge in [-0.2, -0.15) is 11.8 Å². The van der Waals surface area contributed by atoms with Gasteiger partial charge < -0.3 is 10.6 Å². The molecule has 0 aromatic heterocycles. The number of carbonyl (C=O) groups is 1. The van der Waals surface area contributed by atoms with Gasteiger partial charge in [0.05, 0.1) is 6.04 Å². The van der Waals surface area contributed by atoms with Crippen LogP contribution in [-0.4, -0.2) is 54.4 Å². The summed E-state index contributed by atoms with van der Waals surface area (Å²) in [6, 6.07) is -0.590. The molecule has 0 aromatic carbocycles. The van der Waals surface area contributed by atoms with Gasteiger partial charge in [0.25, 0.3) is 0 Å². The average molecular weight is 280 g/mol. The first-order valence-corrected chi connectivity index (χ1v) is 8.66. The zero-order valence-electron chi connectivity index (χ0n) is 10.3. The lowest BCUT2D eigenvalue weighted by Gasteiger charge is -2.36. The molecule has 1 rings (SSSR count). The summed E-state index contributed by atoms with van der Waals surface area (Å²) in [7, 11) is -3.23. The lowest BCUT2D eigenvalue weighted by molar-refractivity contribution is -0.133. The highest BCUT2D eigenvalue weighted by molar-refractivity contribution is 8.01. The summed E-state index contributed by atoms with van der Waals surface area (Å²) in [6.07, 6.45) is 0.529. The van der Waals surface area contributed by atoms with E-state index in [0.29, 0.717) is 18.7 Å². The summed E-state index contributed by atoms with van der Waals surface area (Å²) in [6.45, 7) is 3.91. The van der Waals surface area contributed by atoms with E-state index in [0.717, 1.165) is 5.75 Å². The molecule has 1 aliphatic rings. The number of nitrogens with zero attached hydrogens (tertiary/aromatic N) is 1. The fraction of sp³-hybridized carbons (Fsp3) is 0.900. The molecule has 2 unspecified atom stereocenters. The molecule has 5 nitrogen and oxygen atoms in total. The Morgan fingerprint density at radius 1 is 1.53 bits per heavy atom. The molecule has 0 aliphatic carbocycles. The summed E-state index contributed by atoms with van der Waals surface area (Å²) >= 11 is 1.57. The van der Waals surface area contributed by atoms with Crippen LogP contribution in [0.15, 0.2) is 0 Å². The molecule has 1 heterocycles. The van der Waals surface area contributed by atoms with Crippen LogP contribution in [0.4, 0.5) is 0 Å². The topological polar surface area (TPSA) is 80.5 Å². The Hall–Kier alpha value is -0.270. The Morgan fingerprint density at radius 3 is 2.71 bits per heavy atom. The van der Waals surface area contributed by atoms with E-state index in [1.54, 1.807) is 18.7 Å². The predicted molar refractivity (Wildman–Crippen MR) is 70.6 cm³/mol. The van der Waals surface area contributed by atoms with Crippen LogP contribution in [-0.2, 0) is 14.6 Å². The molecule has 1 amide bonds. The fourth-order valence-electron chi connectivity index (χ4n) is 1.71. The number of rotatable bonds is 4. The molecule has 1 saturated heterocycles. The molecule has 7 heteroatoms. The zero-order chi connectivity index (χ0) is 13.1. The van der Waals surface area contributed by atoms with E-state index in [-0.39, 0.29) is 11.7 Å². The number of sulfone groups is 1. The normalized spacial score (nSPS) is 23.5. The minimum Gasteiger partial charge on any atom is -0.323 e. The van der Waals surface area contributed by atoms with Gasteiger partial charge in [-0.15, -0.1) is 0 Å². The third-order valence-corrected chi connectivity index (χ3v) is 6.23. The minimum absolute atomic E-state index is 0.0589. The van der Waals surface area contributed by atoms with Crippen molar-refractivity contribution in [2.24, 2.45) is 5.73 Å². The number of amides is 1. The van der Waals surface area contributed by atoms with E-state index in [4.69, 9.17) is 5.73 Å². The van der Waals surface area contributed by atoms with Crippen LogP contribution < -0.4 is 5.73 Å². The Morgan fingerprint density at radius 2 is 2.18 bits per heavy atom. The quantitative estimate of drug-likeness (QED) is 0.787. The first-order chi connectivity index (χ1) is 7.94. The third-order valence-electron chi connectivity index (χ3n) is 2.94. The van der Waals surface area contributed by atoms with Crippen molar-refractivity contribution in [3.8, 4) is 0 Å². The van der Waals surface area contributed by atoms with Crippen molar-refractivity contribution in [2.45, 2.75) is 31.7 Å². The SMILES string of the molecule is CCC(N)C(=O)N1CCSCC1S(=O)(=O)CC. The second-order valence-corrected chi connectivity index (χ2v) is 7.62. The van der Waals surface area contributed by atoms with Gasteiger partial charge in [0.15, 0.2) is 9.84 Å². The van der Waals surface area contributed by atoms with Crippen LogP contribution in [0.3, 0.4) is 0 Å². The number of carbonyl (C=O) groups excluding carboxylic acids is 1. The third kappa shape index (κ3) is 3.35. The Bertz CT molecular complexity index is 370. The first-order valence-electron chi connectivity index (χ1n) is 5.79. The molecule has 0 radical (unpaired) electrons. The molecule has 0 bridgehead atoms. The molecule has 0 saturated carbocycles. The van der Waals surface area contributed by atoms with Crippen LogP contribution in [0.25, 0.3) is 0 Å². The Kier molecular flexibility index (Phi) is 5.27. The van der Waals surface area contributed by atoms with Crippen LogP contribution in [0.5, 0.6) is 0 Å². The molecule has 0 aromatic rings. The number of nitrogens with two attached hydrogens (primary N) is 1. The molecule has 2 atom stereocenters. The largest absolute Gasteiger partial charge is 0.323 e. The van der Waals surface area contributed by atoms with Gasteiger partial charge in [0, 0.05) is 23.8 Å². The van der Waals surface area contributed by atoms with E-state index in [2.05, 4.69) is 0 Å². The van der Waals surface area contributed by atoms with Crippen LogP contribution in [0.1, 0.15) is 20.3 Å². The van der Waals surface area contributed by atoms with Gasteiger partial charge >= 0.3 is 0 Å². The summed E-state index contributed by atoms with van der Waals surface area (Å²) in [4.78, 5) is 13.5. The summed E-state index contributed by atoms with van der Waals surface area (Å²) < 4.78 is 23.9. The highest BCUT2D eigenvalue weighted by atomic mass is 32.2. The van der Waals surface area contributed by atoms with Gasteiger partial charge in [0.2, 0.25) is 5.91 Å². The summed E-state index contributed by atoms with van der Waals surface area (Å²) in [5.74, 6) is 1.05. The molecule has 100 valence electrons. The van der Waals surface area contributed by atoms with Gasteiger partial charge in [-0.05, 0) is 6.42 Å². The predicted octanol–water partition coefficient (Wildman–Crippen LogP) is 0.0599. The molecular weight excluding hydrogens is 260 g/mol. The van der Waals surface area contributed by atoms with Gasteiger partial charge in [0.1, 0.15) is 5.37 Å². The van der Waals surface area contributed by atoms with Crippen molar-refractivity contribution in [2.75, 3.05) is 23.8 Å². The van der Waals surface area contributed by atoms with Crippen molar-refractivity contribution in [3.63, 3.8) is 0 Å². The molecule has 17 heavy (non-hydrogen) atoms. The van der Waals surface area contributed by atoms with Crippen molar-refractivity contribution < 1.29 is 13.2 Å². The highest BCUT2D eigenvalue weighted by Crippen LogP contribution is 2.22. The maximum absolute atomic E-state index is 12.0. The maximum atomic E-state index is 12.0. The van der Waals surface area contributed by atoms with Gasteiger partial charge in [-0.1, -0.05) is 13.8 Å². The minimum atomic E-state index is -3.23. The van der Waals surface area contributed by atoms with Crippen molar-refractivity contribution in [3.05, 3.63) is 0 Å². The van der Waals surface area contributed by atoms with E-state index < -0.39 is 21.3 Å². The number of thioether (sulfide) groups is 1. The smallest absolute Gasteiger partial charge is 0.240 e. The van der Waals surface area contributed by atoms with E-state index in [1.807, 2.05) is 6.92 Å². The van der Waals surface area contributed by atoms with E-state index in [1.165, 1.54) is 4.90 Å². The molecule has 0 spiro atoms. The van der Waals surface area contributed by atoms with Crippen LogP contribution in [0, 0.1) is 0 Å². The van der Waals surface area contributed by atoms with Crippen molar-refractivity contribution in [1.82, 2.24) is 4.90 Å². The second kappa shape index (κ2) is 6.06. The molecule has 1 aliphatic heterocycles. The zero-order valence-corrected chi connectivity index (χ0v) is 11.9. The van der Waals surface area contributed by atoms with Crippen LogP contribution >= 0.6 is 11.8 Å². The second-order valence-electron chi connectivity index (χ2n) is 4.03. The first kappa shape index (κ1) is 14.8. The van der Waals surface area contributed by atoms with Gasteiger partial charge in [-0.3, -0.25) is 4.79 Å². The Balaban J connectivity index is 2.91. The highest BCUT2D eigenvalue weighted by Gasteiger charge is 2.36. The monoisotopic (exact) mass is 280 g/mol. The number of hydrogen-bond acceptors (Lipinski definition) is 5. The molecule has 2 N–H and O–H groups in total. The maximum Gasteiger partial charge on any atom is 0.240 e. The lowest BCUT2D eigenvalue weighted by atomic mass is 10.2. The van der Waals surface area contributed by atoms with Crippen LogP contribution in [0.2, 0.25) is 0 Å². The lowest BCUT2D eigenvalue weighted by Crippen LogP contribution is -2.55. The van der Waals surface area contributed by atoms with E-state index in [9.17, 15) is 13.2 Å². The summed E-state index contributed by atoms with van der Waals surface area (Å²) in [5.41, 5.74) is 5.70. The Labute approximate surface area is 107 Å². The molecular formula is C10H20N2O3S2. The van der Waals surface area contributed by atoms with E-state index >= 15 is 0 Å². The standard InChI is InChI=1S/C10H20N2O3S2/c1-3-8(11)10(13)12-5-6-16-7-9(12)17(14,15)4-2/h8-9H,3-7,11H2,1-2H3. The van der Waals surface area contributed by atoms with Crippen molar-refractivity contribution >= 4 is 27.5 Å².